The van der Waals surface area contributed by atoms with Gasteiger partial charge in [-0.1, -0.05) is 50.1 Å². The Bertz CT molecular complexity index is 251. The Hall–Kier alpha value is -1.24. The molecule has 0 spiro atoms. The second-order valence-corrected chi connectivity index (χ2v) is 3.29. The van der Waals surface area contributed by atoms with Crippen molar-refractivity contribution in [1.82, 2.24) is 0 Å². The first kappa shape index (κ1) is 10.8. The zero-order chi connectivity index (χ0) is 10.1. The molecule has 0 aliphatic heterocycles. The summed E-state index contributed by atoms with van der Waals surface area (Å²) in [6, 6.07) is 10.2. The molecule has 0 saturated heterocycles. The van der Waals surface area contributed by atoms with Gasteiger partial charge in [-0.05, 0) is 18.1 Å². The molecule has 0 radical (unpaired) electrons. The summed E-state index contributed by atoms with van der Waals surface area (Å²) in [5.74, 6) is 0. The lowest BCUT2D eigenvalue weighted by molar-refractivity contribution is 0.244. The SMILES string of the molecule is CCCCCOC=Cc1ccccc1. The van der Waals surface area contributed by atoms with E-state index in [4.69, 9.17) is 4.74 Å². The van der Waals surface area contributed by atoms with E-state index in [0.29, 0.717) is 0 Å². The molecule has 0 bridgehead atoms. The maximum Gasteiger partial charge on any atom is 0.0873 e. The normalized spacial score (nSPS) is 10.6. The molecule has 0 aliphatic carbocycles. The molecule has 1 heteroatoms. The molecule has 0 saturated carbocycles. The van der Waals surface area contributed by atoms with Crippen LogP contribution >= 0.6 is 0 Å². The number of hydrogen-bond donors (Lipinski definition) is 0. The quantitative estimate of drug-likeness (QED) is 0.489. The standard InChI is InChI=1S/C13H18O/c1-2-3-7-11-14-12-10-13-8-5-4-6-9-13/h4-6,8-10,12H,2-3,7,11H2,1H3. The van der Waals surface area contributed by atoms with Crippen molar-refractivity contribution in [2.75, 3.05) is 6.61 Å². The summed E-state index contributed by atoms with van der Waals surface area (Å²) in [5, 5.41) is 0. The second-order valence-electron chi connectivity index (χ2n) is 3.29. The van der Waals surface area contributed by atoms with Crippen LogP contribution in [0.15, 0.2) is 36.6 Å². The van der Waals surface area contributed by atoms with E-state index in [1.807, 2.05) is 24.3 Å². The maximum atomic E-state index is 5.36. The molecule has 14 heavy (non-hydrogen) atoms. The zero-order valence-electron chi connectivity index (χ0n) is 8.78. The predicted molar refractivity (Wildman–Crippen MR) is 61.0 cm³/mol. The van der Waals surface area contributed by atoms with E-state index in [9.17, 15) is 0 Å². The van der Waals surface area contributed by atoms with Crippen LogP contribution in [0, 0.1) is 0 Å². The molecule has 0 aliphatic rings. The van der Waals surface area contributed by atoms with Crippen molar-refractivity contribution >= 4 is 6.08 Å². The minimum absolute atomic E-state index is 0.831. The Labute approximate surface area is 86.4 Å². The molecule has 0 heterocycles. The number of hydrogen-bond acceptors (Lipinski definition) is 1. The molecule has 0 atom stereocenters. The van der Waals surface area contributed by atoms with Crippen molar-refractivity contribution in [1.29, 1.82) is 0 Å². The second kappa shape index (κ2) is 7.19. The van der Waals surface area contributed by atoms with E-state index in [-0.39, 0.29) is 0 Å². The lowest BCUT2D eigenvalue weighted by atomic mass is 10.2. The average Bonchev–Trinajstić information content (AvgIpc) is 2.25. The Morgan fingerprint density at radius 1 is 1.14 bits per heavy atom. The summed E-state index contributed by atoms with van der Waals surface area (Å²) < 4.78 is 5.36. The number of benzene rings is 1. The summed E-state index contributed by atoms with van der Waals surface area (Å²) in [4.78, 5) is 0. The van der Waals surface area contributed by atoms with Crippen LogP contribution < -0.4 is 0 Å². The molecule has 0 fully saturated rings. The summed E-state index contributed by atoms with van der Waals surface area (Å²) in [7, 11) is 0. The average molecular weight is 190 g/mol. The molecule has 76 valence electrons. The molecule has 1 aromatic carbocycles. The third-order valence-electron chi connectivity index (χ3n) is 2.02. The van der Waals surface area contributed by atoms with Gasteiger partial charge in [-0.15, -0.1) is 0 Å². The Balaban J connectivity index is 2.15. The Morgan fingerprint density at radius 3 is 2.64 bits per heavy atom. The van der Waals surface area contributed by atoms with Crippen LogP contribution in [0.25, 0.3) is 6.08 Å². The predicted octanol–water partition coefficient (Wildman–Crippen LogP) is 3.86. The van der Waals surface area contributed by atoms with E-state index >= 15 is 0 Å². The number of ether oxygens (including phenoxy) is 1. The summed E-state index contributed by atoms with van der Waals surface area (Å²) in [5.41, 5.74) is 1.18. The van der Waals surface area contributed by atoms with E-state index in [1.54, 1.807) is 6.26 Å². The summed E-state index contributed by atoms with van der Waals surface area (Å²) in [6.45, 7) is 3.02. The monoisotopic (exact) mass is 190 g/mol. The molecular formula is C13H18O. The van der Waals surface area contributed by atoms with Gasteiger partial charge in [0.25, 0.3) is 0 Å². The highest BCUT2D eigenvalue weighted by Gasteiger charge is 1.84. The molecular weight excluding hydrogens is 172 g/mol. The third-order valence-corrected chi connectivity index (χ3v) is 2.02. The van der Waals surface area contributed by atoms with Crippen LogP contribution in [-0.2, 0) is 4.74 Å². The van der Waals surface area contributed by atoms with Gasteiger partial charge < -0.3 is 4.74 Å². The molecule has 1 nitrogen and oxygen atoms in total. The van der Waals surface area contributed by atoms with Crippen molar-refractivity contribution in [2.24, 2.45) is 0 Å². The first-order valence-corrected chi connectivity index (χ1v) is 5.26. The van der Waals surface area contributed by atoms with Crippen molar-refractivity contribution < 1.29 is 4.74 Å². The van der Waals surface area contributed by atoms with E-state index in [0.717, 1.165) is 13.0 Å². The summed E-state index contributed by atoms with van der Waals surface area (Å²) >= 11 is 0. The van der Waals surface area contributed by atoms with E-state index in [2.05, 4.69) is 19.1 Å². The van der Waals surface area contributed by atoms with Gasteiger partial charge in [-0.3, -0.25) is 0 Å². The molecule has 1 rings (SSSR count). The molecule has 0 amide bonds. The molecule has 0 N–H and O–H groups in total. The van der Waals surface area contributed by atoms with Gasteiger partial charge in [-0.2, -0.15) is 0 Å². The van der Waals surface area contributed by atoms with Gasteiger partial charge in [0.2, 0.25) is 0 Å². The van der Waals surface area contributed by atoms with Gasteiger partial charge in [-0.25, -0.2) is 0 Å². The molecule has 0 aromatic heterocycles. The topological polar surface area (TPSA) is 9.23 Å². The minimum Gasteiger partial charge on any atom is -0.501 e. The molecule has 1 aromatic rings. The van der Waals surface area contributed by atoms with Gasteiger partial charge >= 0.3 is 0 Å². The minimum atomic E-state index is 0.831. The van der Waals surface area contributed by atoms with Gasteiger partial charge in [0.05, 0.1) is 12.9 Å². The highest BCUT2D eigenvalue weighted by atomic mass is 16.5. The smallest absolute Gasteiger partial charge is 0.0873 e. The summed E-state index contributed by atoms with van der Waals surface area (Å²) in [6.07, 6.45) is 7.41. The third kappa shape index (κ3) is 4.70. The Morgan fingerprint density at radius 2 is 1.93 bits per heavy atom. The van der Waals surface area contributed by atoms with Crippen LogP contribution in [0.1, 0.15) is 31.7 Å². The van der Waals surface area contributed by atoms with Crippen LogP contribution in [0.3, 0.4) is 0 Å². The number of rotatable bonds is 6. The van der Waals surface area contributed by atoms with Crippen LogP contribution in [0.4, 0.5) is 0 Å². The van der Waals surface area contributed by atoms with Crippen molar-refractivity contribution in [3.63, 3.8) is 0 Å². The van der Waals surface area contributed by atoms with Crippen LogP contribution in [0.2, 0.25) is 0 Å². The maximum absolute atomic E-state index is 5.36. The fourth-order valence-electron chi connectivity index (χ4n) is 1.19. The fourth-order valence-corrected chi connectivity index (χ4v) is 1.19. The van der Waals surface area contributed by atoms with Crippen LogP contribution in [-0.4, -0.2) is 6.61 Å². The van der Waals surface area contributed by atoms with Gasteiger partial charge in [0.1, 0.15) is 0 Å². The zero-order valence-corrected chi connectivity index (χ0v) is 8.78. The first-order valence-electron chi connectivity index (χ1n) is 5.26. The van der Waals surface area contributed by atoms with Crippen molar-refractivity contribution in [3.05, 3.63) is 42.2 Å². The lowest BCUT2D eigenvalue weighted by Crippen LogP contribution is -1.86. The highest BCUT2D eigenvalue weighted by Crippen LogP contribution is 2.01. The van der Waals surface area contributed by atoms with Crippen molar-refractivity contribution in [3.8, 4) is 0 Å². The number of unbranched alkanes of at least 4 members (excludes halogenated alkanes) is 2. The van der Waals surface area contributed by atoms with E-state index in [1.165, 1.54) is 18.4 Å². The Kier molecular flexibility index (Phi) is 5.57. The molecule has 0 unspecified atom stereocenters. The fraction of sp³-hybridized carbons (Fsp3) is 0.385. The van der Waals surface area contributed by atoms with Gasteiger partial charge in [0.15, 0.2) is 0 Å². The van der Waals surface area contributed by atoms with Gasteiger partial charge in [0, 0.05) is 0 Å². The largest absolute Gasteiger partial charge is 0.501 e. The first-order chi connectivity index (χ1) is 6.93. The highest BCUT2D eigenvalue weighted by molar-refractivity contribution is 5.47. The van der Waals surface area contributed by atoms with E-state index < -0.39 is 0 Å². The van der Waals surface area contributed by atoms with Crippen LogP contribution in [0.5, 0.6) is 0 Å². The van der Waals surface area contributed by atoms with Crippen molar-refractivity contribution in [2.45, 2.75) is 26.2 Å². The lowest BCUT2D eigenvalue weighted by Gasteiger charge is -1.98.